The first-order valence-electron chi connectivity index (χ1n) is 7.80. The summed E-state index contributed by atoms with van der Waals surface area (Å²) in [5.41, 5.74) is 0.280. The summed E-state index contributed by atoms with van der Waals surface area (Å²) in [7, 11) is 0. The molecule has 1 fully saturated rings. The second kappa shape index (κ2) is 7.80. The average molecular weight is 322 g/mol. The molecule has 7 nitrogen and oxygen atoms in total. The lowest BCUT2D eigenvalue weighted by Gasteiger charge is -2.22. The normalized spacial score (nSPS) is 15.0. The van der Waals surface area contributed by atoms with E-state index in [1.165, 1.54) is 6.42 Å². The van der Waals surface area contributed by atoms with Crippen molar-refractivity contribution in [3.8, 4) is 0 Å². The zero-order valence-corrected chi connectivity index (χ0v) is 13.4. The van der Waals surface area contributed by atoms with Crippen LogP contribution in [0.25, 0.3) is 0 Å². The van der Waals surface area contributed by atoms with E-state index in [0.717, 1.165) is 25.7 Å². The van der Waals surface area contributed by atoms with E-state index in [2.05, 4.69) is 10.6 Å². The van der Waals surface area contributed by atoms with Gasteiger partial charge in [0.05, 0.1) is 0 Å². The molecule has 1 aliphatic carbocycles. The minimum atomic E-state index is -0.662. The zero-order valence-electron chi connectivity index (χ0n) is 13.4. The minimum Gasteiger partial charge on any atom is -0.466 e. The quantitative estimate of drug-likeness (QED) is 0.828. The van der Waals surface area contributed by atoms with Gasteiger partial charge in [-0.25, -0.2) is 9.59 Å². The monoisotopic (exact) mass is 322 g/mol. The molecule has 0 spiro atoms. The molecule has 1 aromatic heterocycles. The third-order valence-corrected chi connectivity index (χ3v) is 3.79. The van der Waals surface area contributed by atoms with Crippen LogP contribution in [0.15, 0.2) is 10.5 Å². The molecular weight excluding hydrogens is 300 g/mol. The smallest absolute Gasteiger partial charge is 0.342 e. The SMILES string of the molecule is Cc1cc(C(=O)OCC(=O)NC(=O)NC2CCCCC2)c(C)o1. The van der Waals surface area contributed by atoms with Crippen molar-refractivity contribution in [1.82, 2.24) is 10.6 Å². The first-order valence-corrected chi connectivity index (χ1v) is 7.80. The van der Waals surface area contributed by atoms with Crippen LogP contribution in [-0.2, 0) is 9.53 Å². The average Bonchev–Trinajstić information content (AvgIpc) is 2.84. The Hall–Kier alpha value is -2.31. The van der Waals surface area contributed by atoms with Gasteiger partial charge < -0.3 is 14.5 Å². The summed E-state index contributed by atoms with van der Waals surface area (Å²) in [4.78, 5) is 35.2. The van der Waals surface area contributed by atoms with Gasteiger partial charge in [-0.15, -0.1) is 0 Å². The first kappa shape index (κ1) is 17.1. The van der Waals surface area contributed by atoms with Crippen LogP contribution < -0.4 is 10.6 Å². The highest BCUT2D eigenvalue weighted by atomic mass is 16.5. The predicted molar refractivity (Wildman–Crippen MR) is 82.0 cm³/mol. The molecule has 0 bridgehead atoms. The maximum absolute atomic E-state index is 11.8. The van der Waals surface area contributed by atoms with Gasteiger partial charge in [0.25, 0.3) is 5.91 Å². The fraction of sp³-hybridized carbons (Fsp3) is 0.562. The van der Waals surface area contributed by atoms with Gasteiger partial charge in [0, 0.05) is 6.04 Å². The Morgan fingerprint density at radius 2 is 1.91 bits per heavy atom. The fourth-order valence-electron chi connectivity index (χ4n) is 2.67. The lowest BCUT2D eigenvalue weighted by molar-refractivity contribution is -0.123. The van der Waals surface area contributed by atoms with Gasteiger partial charge in [-0.3, -0.25) is 10.1 Å². The Morgan fingerprint density at radius 1 is 1.22 bits per heavy atom. The lowest BCUT2D eigenvalue weighted by atomic mass is 9.96. The zero-order chi connectivity index (χ0) is 16.8. The molecule has 1 heterocycles. The molecule has 0 saturated heterocycles. The Balaban J connectivity index is 1.73. The topological polar surface area (TPSA) is 97.6 Å². The van der Waals surface area contributed by atoms with Crippen molar-refractivity contribution in [1.29, 1.82) is 0 Å². The van der Waals surface area contributed by atoms with Gasteiger partial charge in [-0.2, -0.15) is 0 Å². The number of hydrogen-bond donors (Lipinski definition) is 2. The molecule has 7 heteroatoms. The number of carbonyl (C=O) groups excluding carboxylic acids is 3. The van der Waals surface area contributed by atoms with Crippen molar-refractivity contribution >= 4 is 17.9 Å². The molecule has 2 N–H and O–H groups in total. The fourth-order valence-corrected chi connectivity index (χ4v) is 2.67. The van der Waals surface area contributed by atoms with Gasteiger partial charge in [0.2, 0.25) is 0 Å². The van der Waals surface area contributed by atoms with Crippen LogP contribution in [0.1, 0.15) is 54.0 Å². The second-order valence-corrected chi connectivity index (χ2v) is 5.76. The van der Waals surface area contributed by atoms with E-state index >= 15 is 0 Å². The van der Waals surface area contributed by atoms with E-state index in [4.69, 9.17) is 9.15 Å². The number of esters is 1. The van der Waals surface area contributed by atoms with Crippen molar-refractivity contribution in [2.45, 2.75) is 52.0 Å². The summed E-state index contributed by atoms with van der Waals surface area (Å²) in [5.74, 6) is -0.291. The molecule has 0 radical (unpaired) electrons. The molecule has 0 unspecified atom stereocenters. The van der Waals surface area contributed by atoms with Gasteiger partial charge in [-0.05, 0) is 32.8 Å². The van der Waals surface area contributed by atoms with Gasteiger partial charge in [-0.1, -0.05) is 19.3 Å². The van der Waals surface area contributed by atoms with Crippen LogP contribution in [0.5, 0.6) is 0 Å². The minimum absolute atomic E-state index is 0.107. The third kappa shape index (κ3) is 5.12. The second-order valence-electron chi connectivity index (χ2n) is 5.76. The number of rotatable bonds is 4. The molecule has 0 atom stereocenters. The number of carbonyl (C=O) groups is 3. The number of aryl methyl sites for hydroxylation is 2. The summed E-state index contributed by atoms with van der Waals surface area (Å²) in [5, 5.41) is 4.92. The van der Waals surface area contributed by atoms with Crippen LogP contribution in [0, 0.1) is 13.8 Å². The Labute approximate surface area is 134 Å². The highest BCUT2D eigenvalue weighted by molar-refractivity contribution is 5.97. The molecular formula is C16H22N2O5. The molecule has 23 heavy (non-hydrogen) atoms. The molecule has 126 valence electrons. The van der Waals surface area contributed by atoms with E-state index < -0.39 is 24.5 Å². The molecule has 1 aliphatic rings. The third-order valence-electron chi connectivity index (χ3n) is 3.79. The number of urea groups is 1. The van der Waals surface area contributed by atoms with Gasteiger partial charge in [0.1, 0.15) is 17.1 Å². The van der Waals surface area contributed by atoms with Crippen molar-refractivity contribution < 1.29 is 23.5 Å². The van der Waals surface area contributed by atoms with E-state index in [0.29, 0.717) is 11.5 Å². The Morgan fingerprint density at radius 3 is 2.52 bits per heavy atom. The highest BCUT2D eigenvalue weighted by Crippen LogP contribution is 2.17. The number of amides is 3. The maximum Gasteiger partial charge on any atom is 0.342 e. The molecule has 0 aromatic carbocycles. The first-order chi connectivity index (χ1) is 11.0. The summed E-state index contributed by atoms with van der Waals surface area (Å²) >= 11 is 0. The standard InChI is InChI=1S/C16H22N2O5/c1-10-8-13(11(2)23-10)15(20)22-9-14(19)18-16(21)17-12-6-4-3-5-7-12/h8,12H,3-7,9H2,1-2H3,(H2,17,18,19,21). The van der Waals surface area contributed by atoms with Crippen molar-refractivity contribution in [2.75, 3.05) is 6.61 Å². The van der Waals surface area contributed by atoms with E-state index in [1.807, 2.05) is 0 Å². The molecule has 0 aliphatic heterocycles. The number of hydrogen-bond acceptors (Lipinski definition) is 5. The summed E-state index contributed by atoms with van der Waals surface area (Å²) in [6, 6.07) is 1.11. The number of imide groups is 1. The van der Waals surface area contributed by atoms with Gasteiger partial charge in [0.15, 0.2) is 6.61 Å². The van der Waals surface area contributed by atoms with Crippen LogP contribution in [0.2, 0.25) is 0 Å². The predicted octanol–water partition coefficient (Wildman–Crippen LogP) is 2.21. The number of nitrogens with one attached hydrogen (secondary N) is 2. The summed E-state index contributed by atoms with van der Waals surface area (Å²) < 4.78 is 10.1. The van der Waals surface area contributed by atoms with E-state index in [1.54, 1.807) is 19.9 Å². The molecule has 1 saturated carbocycles. The van der Waals surface area contributed by atoms with Crippen molar-refractivity contribution in [3.05, 3.63) is 23.2 Å². The molecule has 1 aromatic rings. The number of furan rings is 1. The van der Waals surface area contributed by atoms with Gasteiger partial charge >= 0.3 is 12.0 Å². The Kier molecular flexibility index (Phi) is 5.78. The van der Waals surface area contributed by atoms with Crippen molar-refractivity contribution in [3.63, 3.8) is 0 Å². The highest BCUT2D eigenvalue weighted by Gasteiger charge is 2.19. The number of ether oxygens (including phenoxy) is 1. The summed E-state index contributed by atoms with van der Waals surface area (Å²) in [6.45, 7) is 2.84. The van der Waals surface area contributed by atoms with Crippen molar-refractivity contribution in [2.24, 2.45) is 0 Å². The lowest BCUT2D eigenvalue weighted by Crippen LogP contribution is -2.46. The van der Waals surface area contributed by atoms with E-state index in [-0.39, 0.29) is 11.6 Å². The van der Waals surface area contributed by atoms with Crippen LogP contribution in [0.3, 0.4) is 0 Å². The Bertz CT molecular complexity index is 587. The van der Waals surface area contributed by atoms with Crippen LogP contribution in [0.4, 0.5) is 4.79 Å². The van der Waals surface area contributed by atoms with Crippen LogP contribution >= 0.6 is 0 Å². The molecule has 2 rings (SSSR count). The van der Waals surface area contributed by atoms with Crippen LogP contribution in [-0.4, -0.2) is 30.6 Å². The largest absolute Gasteiger partial charge is 0.466 e. The van der Waals surface area contributed by atoms with E-state index in [9.17, 15) is 14.4 Å². The molecule has 3 amide bonds. The summed E-state index contributed by atoms with van der Waals surface area (Å²) in [6.07, 6.45) is 5.20. The maximum atomic E-state index is 11.8.